The van der Waals surface area contributed by atoms with Crippen molar-refractivity contribution in [2.75, 3.05) is 20.2 Å². The Bertz CT molecular complexity index is 708. The molecule has 0 aliphatic carbocycles. The Hall–Kier alpha value is -2.77. The average molecular weight is 421 g/mol. The molecule has 1 fully saturated rings. The summed E-state index contributed by atoms with van der Waals surface area (Å²) in [6.45, 7) is 6.72. The molecule has 1 aliphatic rings. The molecule has 0 aromatic heterocycles. The number of rotatable bonds is 6. The van der Waals surface area contributed by atoms with Crippen molar-refractivity contribution in [1.82, 2.24) is 10.2 Å². The molecule has 8 nitrogen and oxygen atoms in total. The van der Waals surface area contributed by atoms with Crippen LogP contribution < -0.4 is 5.32 Å². The van der Waals surface area contributed by atoms with E-state index in [1.165, 1.54) is 7.11 Å². The van der Waals surface area contributed by atoms with Crippen LogP contribution in [0.1, 0.15) is 45.6 Å². The number of esters is 1. The van der Waals surface area contributed by atoms with Gasteiger partial charge in [0.25, 0.3) is 0 Å². The zero-order chi connectivity index (χ0) is 22.1. The Kier molecular flexibility index (Phi) is 8.50. The molecule has 1 aliphatic heterocycles. The Balaban J connectivity index is 1.83. The molecule has 166 valence electrons. The van der Waals surface area contributed by atoms with Crippen LogP contribution in [0.5, 0.6) is 0 Å². The quantitative estimate of drug-likeness (QED) is 0.559. The van der Waals surface area contributed by atoms with Gasteiger partial charge in [-0.1, -0.05) is 30.3 Å². The molecule has 2 amide bonds. The topological polar surface area (TPSA) is 94.2 Å². The highest BCUT2D eigenvalue weighted by Crippen LogP contribution is 2.24. The number of nitrogens with one attached hydrogen (secondary N) is 1. The van der Waals surface area contributed by atoms with E-state index in [0.717, 1.165) is 5.56 Å². The fraction of sp³-hybridized carbons (Fsp3) is 0.591. The average Bonchev–Trinajstić information content (AvgIpc) is 2.71. The lowest BCUT2D eigenvalue weighted by Crippen LogP contribution is -2.46. The van der Waals surface area contributed by atoms with Crippen molar-refractivity contribution in [2.24, 2.45) is 5.92 Å². The molecular weight excluding hydrogens is 388 g/mol. The molecule has 0 radical (unpaired) electrons. The molecule has 30 heavy (non-hydrogen) atoms. The fourth-order valence-corrected chi connectivity index (χ4v) is 3.27. The summed E-state index contributed by atoms with van der Waals surface area (Å²) < 4.78 is 15.5. The minimum absolute atomic E-state index is 0.120. The molecule has 0 spiro atoms. The van der Waals surface area contributed by atoms with E-state index in [2.05, 4.69) is 5.32 Å². The van der Waals surface area contributed by atoms with Crippen molar-refractivity contribution >= 4 is 18.2 Å². The number of likely N-dealkylation sites (tertiary alicyclic amines) is 1. The lowest BCUT2D eigenvalue weighted by Gasteiger charge is -2.34. The van der Waals surface area contributed by atoms with Gasteiger partial charge in [0.2, 0.25) is 0 Å². The molecule has 2 rings (SSSR count). The Morgan fingerprint density at radius 2 is 1.77 bits per heavy atom. The van der Waals surface area contributed by atoms with Crippen LogP contribution >= 0.6 is 0 Å². The summed E-state index contributed by atoms with van der Waals surface area (Å²) in [6.07, 6.45) is 0.865. The smallest absolute Gasteiger partial charge is 0.410 e. The van der Waals surface area contributed by atoms with Gasteiger partial charge in [-0.25, -0.2) is 14.4 Å². The summed E-state index contributed by atoms with van der Waals surface area (Å²) in [7, 11) is 1.29. The summed E-state index contributed by atoms with van der Waals surface area (Å²) in [6, 6.07) is 8.50. The number of hydrogen-bond acceptors (Lipinski definition) is 6. The number of carbonyl (C=O) groups is 3. The first-order valence-electron chi connectivity index (χ1n) is 10.2. The fourth-order valence-electron chi connectivity index (χ4n) is 3.27. The van der Waals surface area contributed by atoms with Gasteiger partial charge in [-0.3, -0.25) is 0 Å². The number of carbonyl (C=O) groups excluding carboxylic acids is 3. The molecule has 1 aromatic rings. The Labute approximate surface area is 177 Å². The van der Waals surface area contributed by atoms with Crippen molar-refractivity contribution in [3.63, 3.8) is 0 Å². The van der Waals surface area contributed by atoms with E-state index in [0.29, 0.717) is 32.4 Å². The van der Waals surface area contributed by atoms with Gasteiger partial charge in [0.15, 0.2) is 0 Å². The van der Waals surface area contributed by atoms with Gasteiger partial charge in [0.1, 0.15) is 18.2 Å². The maximum Gasteiger partial charge on any atom is 0.410 e. The number of hydrogen-bond donors (Lipinski definition) is 1. The molecule has 8 heteroatoms. The largest absolute Gasteiger partial charge is 0.467 e. The second kappa shape index (κ2) is 10.8. The number of amides is 2. The van der Waals surface area contributed by atoms with Gasteiger partial charge in [-0.2, -0.15) is 0 Å². The predicted octanol–water partition coefficient (Wildman–Crippen LogP) is 3.49. The minimum atomic E-state index is -0.795. The Morgan fingerprint density at radius 3 is 2.33 bits per heavy atom. The molecule has 0 bridgehead atoms. The van der Waals surface area contributed by atoms with Crippen LogP contribution in [0.3, 0.4) is 0 Å². The van der Waals surface area contributed by atoms with Gasteiger partial charge in [-0.05, 0) is 51.5 Å². The first kappa shape index (κ1) is 23.5. The van der Waals surface area contributed by atoms with Crippen molar-refractivity contribution in [1.29, 1.82) is 0 Å². The van der Waals surface area contributed by atoms with Crippen molar-refractivity contribution in [3.05, 3.63) is 35.9 Å². The van der Waals surface area contributed by atoms with E-state index in [4.69, 9.17) is 14.2 Å². The highest BCUT2D eigenvalue weighted by molar-refractivity contribution is 5.81. The van der Waals surface area contributed by atoms with Crippen LogP contribution in [-0.4, -0.2) is 54.9 Å². The summed E-state index contributed by atoms with van der Waals surface area (Å²) in [5.41, 5.74) is 0.324. The third kappa shape index (κ3) is 7.93. The summed E-state index contributed by atoms with van der Waals surface area (Å²) in [4.78, 5) is 38.2. The van der Waals surface area contributed by atoms with Crippen LogP contribution in [0.2, 0.25) is 0 Å². The van der Waals surface area contributed by atoms with Gasteiger partial charge in [-0.15, -0.1) is 0 Å². The van der Waals surface area contributed by atoms with E-state index in [9.17, 15) is 14.4 Å². The number of alkyl carbamates (subject to hydrolysis) is 1. The van der Waals surface area contributed by atoms with E-state index in [1.807, 2.05) is 51.1 Å². The van der Waals surface area contributed by atoms with Crippen LogP contribution in [-0.2, 0) is 25.6 Å². The molecule has 1 atom stereocenters. The van der Waals surface area contributed by atoms with Crippen LogP contribution in [0.25, 0.3) is 0 Å². The highest BCUT2D eigenvalue weighted by Gasteiger charge is 2.31. The summed E-state index contributed by atoms with van der Waals surface area (Å²) in [5, 5.41) is 2.61. The standard InChI is InChI=1S/C22H32N2O6/c1-22(2,3)30-21(27)24-12-10-16(11-13-24)14-18(19(25)28-4)23-20(26)29-15-17-8-6-5-7-9-17/h5-9,16,18H,10-15H2,1-4H3,(H,23,26)/t18-/m0/s1. The molecule has 0 saturated carbocycles. The second-order valence-electron chi connectivity index (χ2n) is 8.43. The number of benzene rings is 1. The zero-order valence-electron chi connectivity index (χ0n) is 18.2. The molecule has 1 saturated heterocycles. The molecule has 1 aromatic carbocycles. The van der Waals surface area contributed by atoms with Crippen molar-refractivity contribution in [3.8, 4) is 0 Å². The van der Waals surface area contributed by atoms with Crippen LogP contribution in [0.4, 0.5) is 9.59 Å². The first-order valence-corrected chi connectivity index (χ1v) is 10.2. The van der Waals surface area contributed by atoms with E-state index in [1.54, 1.807) is 4.90 Å². The van der Waals surface area contributed by atoms with E-state index in [-0.39, 0.29) is 18.6 Å². The molecule has 1 heterocycles. The number of methoxy groups -OCH3 is 1. The van der Waals surface area contributed by atoms with Crippen molar-refractivity contribution < 1.29 is 28.6 Å². The zero-order valence-corrected chi connectivity index (χ0v) is 18.2. The number of ether oxygens (including phenoxy) is 3. The van der Waals surface area contributed by atoms with Gasteiger partial charge >= 0.3 is 18.2 Å². The molecule has 0 unspecified atom stereocenters. The molecular formula is C22H32N2O6. The first-order chi connectivity index (χ1) is 14.2. The third-order valence-corrected chi connectivity index (χ3v) is 4.83. The maximum atomic E-state index is 12.2. The van der Waals surface area contributed by atoms with Gasteiger partial charge in [0.05, 0.1) is 7.11 Å². The van der Waals surface area contributed by atoms with E-state index < -0.39 is 23.7 Å². The summed E-state index contributed by atoms with van der Waals surface area (Å²) in [5.74, 6) is -0.344. The normalized spacial score (nSPS) is 15.8. The molecule has 1 N–H and O–H groups in total. The van der Waals surface area contributed by atoms with Crippen LogP contribution in [0, 0.1) is 5.92 Å². The lowest BCUT2D eigenvalue weighted by atomic mass is 9.90. The van der Waals surface area contributed by atoms with E-state index >= 15 is 0 Å². The maximum absolute atomic E-state index is 12.2. The SMILES string of the molecule is COC(=O)[C@H](CC1CCN(C(=O)OC(C)(C)C)CC1)NC(=O)OCc1ccccc1. The monoisotopic (exact) mass is 420 g/mol. The van der Waals surface area contributed by atoms with Crippen molar-refractivity contribution in [2.45, 2.75) is 58.3 Å². The second-order valence-corrected chi connectivity index (χ2v) is 8.43. The lowest BCUT2D eigenvalue weighted by molar-refractivity contribution is -0.143. The highest BCUT2D eigenvalue weighted by atomic mass is 16.6. The minimum Gasteiger partial charge on any atom is -0.467 e. The summed E-state index contributed by atoms with van der Waals surface area (Å²) >= 11 is 0. The number of nitrogens with zero attached hydrogens (tertiary/aromatic N) is 1. The van der Waals surface area contributed by atoms with Crippen LogP contribution in [0.15, 0.2) is 30.3 Å². The van der Waals surface area contributed by atoms with Gasteiger partial charge < -0.3 is 24.4 Å². The number of piperidine rings is 1. The van der Waals surface area contributed by atoms with Gasteiger partial charge in [0, 0.05) is 13.1 Å². The predicted molar refractivity (Wildman–Crippen MR) is 111 cm³/mol. The Morgan fingerprint density at radius 1 is 1.13 bits per heavy atom. The third-order valence-electron chi connectivity index (χ3n) is 4.83.